The van der Waals surface area contributed by atoms with Crippen LogP contribution in [0.2, 0.25) is 0 Å². The number of carboxylic acid groups (broad SMARTS) is 1. The van der Waals surface area contributed by atoms with Crippen LogP contribution in [0.1, 0.15) is 20.3 Å². The molecule has 0 aliphatic carbocycles. The summed E-state index contributed by atoms with van der Waals surface area (Å²) in [6.45, 7) is 5.10. The molecule has 0 radical (unpaired) electrons. The molecule has 0 spiro atoms. The smallest absolute Gasteiger partial charge is 0.321 e. The van der Waals surface area contributed by atoms with E-state index < -0.39 is 12.0 Å². The van der Waals surface area contributed by atoms with Crippen molar-refractivity contribution < 1.29 is 14.6 Å². The first-order valence-corrected chi connectivity index (χ1v) is 4.54. The van der Waals surface area contributed by atoms with Gasteiger partial charge in [0.15, 0.2) is 0 Å². The predicted octanol–water partition coefficient (Wildman–Crippen LogP) is 0.461. The summed E-state index contributed by atoms with van der Waals surface area (Å²) in [6.07, 6.45) is 0.820. The van der Waals surface area contributed by atoms with E-state index in [1.165, 1.54) is 0 Å². The topological polar surface area (TPSA) is 72.6 Å². The molecule has 4 nitrogen and oxygen atoms in total. The van der Waals surface area contributed by atoms with Gasteiger partial charge in [-0.3, -0.25) is 4.79 Å². The first-order chi connectivity index (χ1) is 5.98. The fourth-order valence-corrected chi connectivity index (χ4v) is 1.86. The zero-order valence-corrected chi connectivity index (χ0v) is 8.12. The molecule has 4 heteroatoms. The molecule has 0 aromatic carbocycles. The van der Waals surface area contributed by atoms with Crippen LogP contribution in [0.4, 0.5) is 0 Å². The van der Waals surface area contributed by atoms with Crippen LogP contribution in [0.5, 0.6) is 0 Å². The Bertz CT molecular complexity index is 199. The molecule has 0 amide bonds. The minimum Gasteiger partial charge on any atom is -0.480 e. The lowest BCUT2D eigenvalue weighted by Crippen LogP contribution is -2.59. The second kappa shape index (κ2) is 3.64. The van der Waals surface area contributed by atoms with E-state index in [0.29, 0.717) is 19.1 Å². The number of carbonyl (C=O) groups is 1. The number of rotatable bonds is 4. The Balaban J connectivity index is 2.63. The zero-order chi connectivity index (χ0) is 10.1. The first-order valence-electron chi connectivity index (χ1n) is 4.54. The first kappa shape index (κ1) is 10.5. The van der Waals surface area contributed by atoms with E-state index >= 15 is 0 Å². The lowest BCUT2D eigenvalue weighted by molar-refractivity contribution is -0.166. The Labute approximate surface area is 78.1 Å². The van der Waals surface area contributed by atoms with E-state index in [2.05, 4.69) is 13.8 Å². The molecule has 0 saturated carbocycles. The van der Waals surface area contributed by atoms with Crippen LogP contribution in [0.3, 0.4) is 0 Å². The van der Waals surface area contributed by atoms with Crippen LogP contribution >= 0.6 is 0 Å². The quantitative estimate of drug-likeness (QED) is 0.670. The lowest BCUT2D eigenvalue weighted by Gasteiger charge is -2.45. The summed E-state index contributed by atoms with van der Waals surface area (Å²) in [5, 5.41) is 8.81. The molecule has 1 aliphatic heterocycles. The van der Waals surface area contributed by atoms with Crippen LogP contribution in [-0.2, 0) is 9.53 Å². The highest BCUT2D eigenvalue weighted by atomic mass is 16.5. The second-order valence-electron chi connectivity index (χ2n) is 4.27. The number of aliphatic carboxylic acids is 1. The molecule has 0 aromatic rings. The van der Waals surface area contributed by atoms with Gasteiger partial charge in [-0.25, -0.2) is 0 Å². The van der Waals surface area contributed by atoms with E-state index in [-0.39, 0.29) is 5.41 Å². The fourth-order valence-electron chi connectivity index (χ4n) is 1.86. The van der Waals surface area contributed by atoms with Crippen molar-refractivity contribution >= 4 is 5.97 Å². The monoisotopic (exact) mass is 187 g/mol. The summed E-state index contributed by atoms with van der Waals surface area (Å²) < 4.78 is 5.07. The average molecular weight is 187 g/mol. The standard InChI is InChI=1S/C9H17NO3/c1-6(2)3-9(4-13-5-9)7(10)8(11)12/h6-7H,3-5,10H2,1-2H3,(H,11,12). The minimum atomic E-state index is -0.927. The molecular weight excluding hydrogens is 170 g/mol. The molecule has 76 valence electrons. The maximum Gasteiger partial charge on any atom is 0.321 e. The number of nitrogens with two attached hydrogens (primary N) is 1. The van der Waals surface area contributed by atoms with Crippen molar-refractivity contribution in [1.29, 1.82) is 0 Å². The Hall–Kier alpha value is -0.610. The van der Waals surface area contributed by atoms with Crippen molar-refractivity contribution in [2.75, 3.05) is 13.2 Å². The van der Waals surface area contributed by atoms with Gasteiger partial charge in [-0.1, -0.05) is 13.8 Å². The van der Waals surface area contributed by atoms with Crippen LogP contribution in [0.25, 0.3) is 0 Å². The van der Waals surface area contributed by atoms with Crippen LogP contribution in [-0.4, -0.2) is 30.3 Å². The van der Waals surface area contributed by atoms with E-state index in [1.54, 1.807) is 0 Å². The fraction of sp³-hybridized carbons (Fsp3) is 0.889. The molecular formula is C9H17NO3. The highest BCUT2D eigenvalue weighted by Gasteiger charge is 2.47. The lowest BCUT2D eigenvalue weighted by atomic mass is 9.73. The third-order valence-electron chi connectivity index (χ3n) is 2.52. The van der Waals surface area contributed by atoms with Gasteiger partial charge in [0.1, 0.15) is 6.04 Å². The van der Waals surface area contributed by atoms with Crippen LogP contribution in [0.15, 0.2) is 0 Å². The number of hydrogen-bond acceptors (Lipinski definition) is 3. The minimum absolute atomic E-state index is 0.319. The van der Waals surface area contributed by atoms with Gasteiger partial charge >= 0.3 is 5.97 Å². The highest BCUT2D eigenvalue weighted by molar-refractivity contribution is 5.74. The number of carboxylic acids is 1. The molecule has 1 unspecified atom stereocenters. The van der Waals surface area contributed by atoms with Gasteiger partial charge in [0.05, 0.1) is 13.2 Å². The van der Waals surface area contributed by atoms with Crippen molar-refractivity contribution in [2.24, 2.45) is 17.1 Å². The number of ether oxygens (including phenoxy) is 1. The molecule has 3 N–H and O–H groups in total. The van der Waals surface area contributed by atoms with Crippen molar-refractivity contribution in [3.8, 4) is 0 Å². The molecule has 13 heavy (non-hydrogen) atoms. The summed E-state index contributed by atoms with van der Waals surface area (Å²) in [4.78, 5) is 10.7. The molecule has 1 fully saturated rings. The van der Waals surface area contributed by atoms with Gasteiger partial charge < -0.3 is 15.6 Å². The van der Waals surface area contributed by atoms with E-state index in [4.69, 9.17) is 15.6 Å². The SMILES string of the molecule is CC(C)CC1(C(N)C(=O)O)COC1. The molecule has 1 saturated heterocycles. The molecule has 0 aromatic heterocycles. The van der Waals surface area contributed by atoms with E-state index in [0.717, 1.165) is 6.42 Å². The summed E-state index contributed by atoms with van der Waals surface area (Å²) in [6, 6.07) is -0.788. The van der Waals surface area contributed by atoms with Gasteiger partial charge in [-0.15, -0.1) is 0 Å². The average Bonchev–Trinajstić information content (AvgIpc) is 1.95. The van der Waals surface area contributed by atoms with Crippen LogP contribution < -0.4 is 5.73 Å². The predicted molar refractivity (Wildman–Crippen MR) is 48.3 cm³/mol. The molecule has 1 rings (SSSR count). The Kier molecular flexibility index (Phi) is 2.93. The molecule has 0 bridgehead atoms. The van der Waals surface area contributed by atoms with E-state index in [1.807, 2.05) is 0 Å². The van der Waals surface area contributed by atoms with Gasteiger partial charge in [0.2, 0.25) is 0 Å². The maximum absolute atomic E-state index is 10.7. The summed E-state index contributed by atoms with van der Waals surface area (Å²) >= 11 is 0. The zero-order valence-electron chi connectivity index (χ0n) is 8.12. The Morgan fingerprint density at radius 1 is 1.62 bits per heavy atom. The van der Waals surface area contributed by atoms with Crippen molar-refractivity contribution in [1.82, 2.24) is 0 Å². The molecule has 1 atom stereocenters. The van der Waals surface area contributed by atoms with E-state index in [9.17, 15) is 4.79 Å². The molecule has 1 aliphatic rings. The number of hydrogen-bond donors (Lipinski definition) is 2. The van der Waals surface area contributed by atoms with Gasteiger partial charge in [0, 0.05) is 5.41 Å². The third kappa shape index (κ3) is 2.00. The summed E-state index contributed by atoms with van der Waals surface area (Å²) in [5.74, 6) is -0.474. The normalized spacial score (nSPS) is 22.5. The highest BCUT2D eigenvalue weighted by Crippen LogP contribution is 2.37. The van der Waals surface area contributed by atoms with Crippen molar-refractivity contribution in [3.63, 3.8) is 0 Å². The summed E-state index contributed by atoms with van der Waals surface area (Å²) in [5.41, 5.74) is 5.31. The Morgan fingerprint density at radius 2 is 2.15 bits per heavy atom. The van der Waals surface area contributed by atoms with Gasteiger partial charge in [-0.2, -0.15) is 0 Å². The largest absolute Gasteiger partial charge is 0.480 e. The second-order valence-corrected chi connectivity index (χ2v) is 4.27. The molecule has 1 heterocycles. The van der Waals surface area contributed by atoms with Crippen LogP contribution in [0, 0.1) is 11.3 Å². The Morgan fingerprint density at radius 3 is 2.38 bits per heavy atom. The third-order valence-corrected chi connectivity index (χ3v) is 2.52. The summed E-state index contributed by atoms with van der Waals surface area (Å²) in [7, 11) is 0. The maximum atomic E-state index is 10.7. The van der Waals surface area contributed by atoms with Crippen molar-refractivity contribution in [2.45, 2.75) is 26.3 Å². The van der Waals surface area contributed by atoms with Crippen molar-refractivity contribution in [3.05, 3.63) is 0 Å². The van der Waals surface area contributed by atoms with Gasteiger partial charge in [0.25, 0.3) is 0 Å². The van der Waals surface area contributed by atoms with Gasteiger partial charge in [-0.05, 0) is 12.3 Å².